The molecule has 0 bridgehead atoms. The zero-order valence-electron chi connectivity index (χ0n) is 94.0. The minimum atomic E-state index is -0.912. The van der Waals surface area contributed by atoms with E-state index in [9.17, 15) is 9.59 Å². The Morgan fingerprint density at radius 2 is 0.358 bits per heavy atom. The van der Waals surface area contributed by atoms with Crippen molar-refractivity contribution >= 4 is 49.9 Å². The monoisotopic (exact) mass is 2000 g/mol. The molecule has 8 nitrogen and oxygen atoms in total. The molecule has 0 saturated heterocycles. The van der Waals surface area contributed by atoms with Crippen molar-refractivity contribution in [3.63, 3.8) is 0 Å². The van der Waals surface area contributed by atoms with Crippen LogP contribution in [0.5, 0.6) is 0 Å². The molecule has 0 aromatic heterocycles. The molecule has 2 aliphatic carbocycles. The first-order chi connectivity index (χ1) is 67.7. The van der Waals surface area contributed by atoms with Crippen molar-refractivity contribution in [3.05, 3.63) is 0 Å². The summed E-state index contributed by atoms with van der Waals surface area (Å²) in [5.41, 5.74) is 0.337. The summed E-state index contributed by atoms with van der Waals surface area (Å²) in [7, 11) is -1.82. The summed E-state index contributed by atoms with van der Waals surface area (Å²) in [5.74, 6) is 3.93. The van der Waals surface area contributed by atoms with Gasteiger partial charge in [-0.2, -0.15) is 0 Å². The molecule has 0 amide bonds. The molecular formula is C125H246O8P2S2. The fourth-order valence-corrected chi connectivity index (χ4v) is 28.4. The molecule has 2 unspecified atom stereocenters. The van der Waals surface area contributed by atoms with Crippen LogP contribution in [0.4, 0.5) is 0 Å². The first-order valence-corrected chi connectivity index (χ1v) is 69.0. The number of esters is 2. The average molecular weight is 2000 g/mol. The Labute approximate surface area is 870 Å². The van der Waals surface area contributed by atoms with Crippen LogP contribution in [-0.4, -0.2) is 62.1 Å². The Morgan fingerprint density at radius 3 is 0.540 bits per heavy atom. The molecule has 0 radical (unpaired) electrons. The van der Waals surface area contributed by atoms with Crippen LogP contribution < -0.4 is 0 Å². The molecule has 0 heterocycles. The Kier molecular flexibility index (Phi) is 108. The van der Waals surface area contributed by atoms with E-state index in [1.165, 1.54) is 654 Å². The number of ether oxygens (including phenoxy) is 2. The first kappa shape index (κ1) is 133. The summed E-state index contributed by atoms with van der Waals surface area (Å²) < 4.78 is 39.0. The lowest BCUT2D eigenvalue weighted by molar-refractivity contribution is -0.144. The van der Waals surface area contributed by atoms with E-state index in [0.717, 1.165) is 50.7 Å². The smallest absolute Gasteiger partial charge is 0.305 e. The number of hydrogen-bond donors (Lipinski definition) is 0. The summed E-state index contributed by atoms with van der Waals surface area (Å²) in [6.45, 7) is 17.5. The Bertz CT molecular complexity index is 2160. The van der Waals surface area contributed by atoms with Crippen molar-refractivity contribution in [1.29, 1.82) is 0 Å². The number of hydrogen-bond acceptors (Lipinski definition) is 10. The maximum absolute atomic E-state index is 12.3. The maximum atomic E-state index is 12.3. The number of rotatable bonds is 116. The van der Waals surface area contributed by atoms with E-state index in [0.29, 0.717) is 43.7 Å². The molecule has 2 saturated carbocycles. The highest BCUT2D eigenvalue weighted by Gasteiger charge is 2.42. The van der Waals surface area contributed by atoms with Crippen molar-refractivity contribution in [1.82, 2.24) is 0 Å². The van der Waals surface area contributed by atoms with Crippen LogP contribution in [-0.2, 0) is 37.2 Å². The van der Waals surface area contributed by atoms with Crippen LogP contribution in [0.15, 0.2) is 0 Å². The minimum Gasteiger partial charge on any atom is -0.466 e. The van der Waals surface area contributed by atoms with Crippen molar-refractivity contribution in [3.8, 4) is 0 Å². The molecule has 2 rings (SSSR count). The van der Waals surface area contributed by atoms with Crippen LogP contribution in [0.3, 0.4) is 0 Å². The predicted octanol–water partition coefficient (Wildman–Crippen LogP) is 46.5. The second kappa shape index (κ2) is 110. The largest absolute Gasteiger partial charge is 0.466 e. The quantitative estimate of drug-likeness (QED) is 0.0333. The van der Waals surface area contributed by atoms with Crippen LogP contribution in [0.1, 0.15) is 722 Å². The van der Waals surface area contributed by atoms with Gasteiger partial charge in [0.15, 0.2) is 0 Å². The van der Waals surface area contributed by atoms with E-state index in [1.54, 1.807) is 0 Å². The lowest BCUT2D eigenvalue weighted by Gasteiger charge is -2.46. The molecule has 0 spiro atoms. The molecule has 12 heteroatoms. The molecular weight excluding hydrogens is 1760 g/mol. The topological polar surface area (TPSA) is 89.5 Å². The molecule has 0 N–H and O–H groups in total. The molecule has 816 valence electrons. The van der Waals surface area contributed by atoms with E-state index >= 15 is 0 Å². The third kappa shape index (κ3) is 95.7. The van der Waals surface area contributed by atoms with Gasteiger partial charge in [0.1, 0.15) is 0 Å². The summed E-state index contributed by atoms with van der Waals surface area (Å²) in [4.78, 5) is 24.6. The number of unbranched alkanes of at least 4 members (excludes halogenated alkanes) is 90. The Hall–Kier alpha value is 0.340. The third-order valence-electron chi connectivity index (χ3n) is 31.8. The second-order valence-corrected chi connectivity index (χ2v) is 51.7. The van der Waals surface area contributed by atoms with Gasteiger partial charge in [0.25, 0.3) is 0 Å². The van der Waals surface area contributed by atoms with Gasteiger partial charge in [0.05, 0.1) is 38.6 Å². The molecule has 0 aromatic carbocycles. The van der Waals surface area contributed by atoms with Crippen molar-refractivity contribution < 1.29 is 37.2 Å². The van der Waals surface area contributed by atoms with Gasteiger partial charge in [-0.05, 0) is 120 Å². The van der Waals surface area contributed by atoms with Gasteiger partial charge in [-0.15, -0.1) is 0 Å². The van der Waals surface area contributed by atoms with E-state index in [1.807, 2.05) is 22.8 Å². The summed E-state index contributed by atoms with van der Waals surface area (Å²) >= 11 is 4.08. The lowest BCUT2D eigenvalue weighted by atomic mass is 9.60. The summed E-state index contributed by atoms with van der Waals surface area (Å²) in [6.07, 6.45) is 143. The second-order valence-electron chi connectivity index (χ2n) is 45.2. The number of carbonyl (C=O) groups is 2. The van der Waals surface area contributed by atoms with Crippen LogP contribution in [0.2, 0.25) is 0 Å². The first-order valence-electron chi connectivity index (χ1n) is 63.5. The van der Waals surface area contributed by atoms with Gasteiger partial charge in [-0.25, -0.2) is 0 Å². The maximum Gasteiger partial charge on any atom is 0.305 e. The number of carbonyl (C=O) groups excluding carboxylic acids is 2. The van der Waals surface area contributed by atoms with Crippen LogP contribution >= 0.6 is 37.9 Å². The zero-order chi connectivity index (χ0) is 98.0. The van der Waals surface area contributed by atoms with Crippen molar-refractivity contribution in [2.45, 2.75) is 734 Å². The highest BCUT2D eigenvalue weighted by molar-refractivity contribution is 8.53. The van der Waals surface area contributed by atoms with Gasteiger partial charge in [-0.1, -0.05) is 629 Å². The molecule has 2 fully saturated rings. The van der Waals surface area contributed by atoms with Crippen molar-refractivity contribution in [2.24, 2.45) is 17.3 Å². The van der Waals surface area contributed by atoms with Crippen LogP contribution in [0.25, 0.3) is 0 Å². The predicted molar refractivity (Wildman–Crippen MR) is 615 cm³/mol. The normalized spacial score (nSPS) is 15.9. The molecule has 0 aromatic rings. The standard InChI is InChI=1S/C125H246O8P2S2/c1-7-11-15-19-23-27-31-35-39-49-57-65-73-81-89-97-113-128-123(126)103-95-87-79-71-63-55-47-43-45-53-61-69-77-85-93-101-117-136-134(130-115-99-91-83-75-67-59-51-41-37-33-29-25-21-17-13-9-3)132-121-109-105-119(106-110-121)125(5,6)120-107-111-122(112-108-120)133-135(131-116-100-92-84-76-68-60-52-42-38-34-30-26-22-18-14-10-4)137-118-102-94-86-78-70-62-54-46-44-48-56-64-72-80-88-96-104-124(127)129-114-98-90-82-74-66-58-50-40-36-32-28-24-20-16-12-8-2/h119-122H,7-118H2,1-6H3. The lowest BCUT2D eigenvalue weighted by Crippen LogP contribution is -2.38. The van der Waals surface area contributed by atoms with Gasteiger partial charge in [-0.3, -0.25) is 9.59 Å². The molecule has 2 aliphatic rings. The van der Waals surface area contributed by atoms with Gasteiger partial charge in [0.2, 0.25) is 15.2 Å². The highest BCUT2D eigenvalue weighted by atomic mass is 32.7. The summed E-state index contributed by atoms with van der Waals surface area (Å²) in [5, 5.41) is 0. The van der Waals surface area contributed by atoms with Crippen molar-refractivity contribution in [2.75, 3.05) is 37.9 Å². The van der Waals surface area contributed by atoms with E-state index < -0.39 is 15.2 Å². The Morgan fingerprint density at radius 1 is 0.204 bits per heavy atom. The highest BCUT2D eigenvalue weighted by Crippen LogP contribution is 2.58. The van der Waals surface area contributed by atoms with Gasteiger partial charge >= 0.3 is 11.9 Å². The molecule has 2 atom stereocenters. The fraction of sp³-hybridized carbons (Fsp3) is 0.984. The SMILES string of the molecule is CCCCCCCCCCCCCCCCCCOC(=O)CCCCCCCCCCCCCCCCCCSP(OCCCCCCCCCCCCCCCCCC)OC1CCC(C(C)(C)C2CCC(OP(OCCCCCCCCCCCCCCCCCC)SCCCCCCCCCCCCCCCCCCC(=O)OCCCCCCCCCCCCCCCCCC)CC2)CC1. The molecule has 0 aliphatic heterocycles. The zero-order valence-corrected chi connectivity index (χ0v) is 97.4. The van der Waals surface area contributed by atoms with Gasteiger partial charge < -0.3 is 27.6 Å². The third-order valence-corrected chi connectivity index (χ3v) is 38.4. The average Bonchev–Trinajstić information content (AvgIpc) is 0.800. The molecule has 137 heavy (non-hydrogen) atoms. The fourth-order valence-electron chi connectivity index (χ4n) is 22.0. The summed E-state index contributed by atoms with van der Waals surface area (Å²) in [6, 6.07) is 0. The minimum absolute atomic E-state index is 0.0286. The van der Waals surface area contributed by atoms with Gasteiger partial charge in [0, 0.05) is 24.3 Å². The van der Waals surface area contributed by atoms with E-state index in [-0.39, 0.29) is 11.9 Å². The van der Waals surface area contributed by atoms with Crippen LogP contribution in [0, 0.1) is 17.3 Å². The van der Waals surface area contributed by atoms with E-state index in [4.69, 9.17) is 27.6 Å². The van der Waals surface area contributed by atoms with E-state index in [2.05, 4.69) is 41.5 Å². The Balaban J connectivity index is 1.68.